The zero-order valence-corrected chi connectivity index (χ0v) is 19.7. The molecule has 2 heterocycles. The third-order valence-electron chi connectivity index (χ3n) is 7.56. The van der Waals surface area contributed by atoms with Gasteiger partial charge in [0.1, 0.15) is 5.66 Å². The summed E-state index contributed by atoms with van der Waals surface area (Å²) in [7, 11) is 0. The fourth-order valence-electron chi connectivity index (χ4n) is 5.48. The van der Waals surface area contributed by atoms with Crippen molar-refractivity contribution >= 4 is 0 Å². The normalized spacial score (nSPS) is 27.5. The van der Waals surface area contributed by atoms with Crippen LogP contribution in [0.15, 0.2) is 18.2 Å². The van der Waals surface area contributed by atoms with Crippen LogP contribution in [0.25, 0.3) is 0 Å². The summed E-state index contributed by atoms with van der Waals surface area (Å²) < 4.78 is 0. The number of unbranched alkanes of at least 4 members (excludes halogenated alkanes) is 4. The maximum Gasteiger partial charge on any atom is 0.105 e. The molecule has 3 heteroatoms. The highest BCUT2D eigenvalue weighted by Crippen LogP contribution is 2.47. The number of hydrogen-bond acceptors (Lipinski definition) is 2. The van der Waals surface area contributed by atoms with Gasteiger partial charge in [0.15, 0.2) is 0 Å². The van der Waals surface area contributed by atoms with Crippen LogP contribution in [0.5, 0.6) is 0 Å². The third-order valence-corrected chi connectivity index (χ3v) is 7.56. The number of rotatable bonds is 10. The number of aryl methyl sites for hydroxylation is 1. The first-order valence-electron chi connectivity index (χ1n) is 12.3. The summed E-state index contributed by atoms with van der Waals surface area (Å²) in [5, 5.41) is 10.7. The summed E-state index contributed by atoms with van der Waals surface area (Å²) >= 11 is 0. The predicted octanol–water partition coefficient (Wildman–Crippen LogP) is 6.03. The first kappa shape index (κ1) is 22.8. The van der Waals surface area contributed by atoms with Gasteiger partial charge in [0, 0.05) is 32.1 Å². The second-order valence-electron chi connectivity index (χ2n) is 9.59. The molecule has 3 atom stereocenters. The minimum Gasteiger partial charge on any atom is -0.240 e. The summed E-state index contributed by atoms with van der Waals surface area (Å²) in [5.74, 6) is 1.31. The average molecular weight is 399 g/mol. The van der Waals surface area contributed by atoms with E-state index in [-0.39, 0.29) is 5.66 Å². The Morgan fingerprint density at radius 3 is 2.38 bits per heavy atom. The first-order chi connectivity index (χ1) is 14.0. The van der Waals surface area contributed by atoms with E-state index in [4.69, 9.17) is 5.32 Å². The lowest BCUT2D eigenvalue weighted by atomic mass is 9.71. The van der Waals surface area contributed by atoms with E-state index in [1.54, 1.807) is 5.56 Å². The fourth-order valence-corrected chi connectivity index (χ4v) is 5.48. The van der Waals surface area contributed by atoms with Gasteiger partial charge < -0.3 is 0 Å². The molecular weight excluding hydrogens is 354 g/mol. The minimum absolute atomic E-state index is 0.0392. The molecule has 0 aliphatic carbocycles. The molecule has 2 fully saturated rings. The van der Waals surface area contributed by atoms with Gasteiger partial charge in [0.2, 0.25) is 0 Å². The van der Waals surface area contributed by atoms with E-state index in [2.05, 4.69) is 62.8 Å². The van der Waals surface area contributed by atoms with Gasteiger partial charge in [-0.3, -0.25) is 0 Å². The molecule has 0 amide bonds. The molecule has 1 aromatic rings. The zero-order valence-electron chi connectivity index (χ0n) is 19.7. The Balaban J connectivity index is 1.76. The maximum atomic E-state index is 5.32. The Labute approximate surface area is 180 Å². The van der Waals surface area contributed by atoms with Crippen LogP contribution >= 0.6 is 0 Å². The van der Waals surface area contributed by atoms with Crippen LogP contribution in [0, 0.1) is 19.8 Å². The van der Waals surface area contributed by atoms with Crippen molar-refractivity contribution in [3.05, 3.63) is 34.9 Å². The van der Waals surface area contributed by atoms with Crippen molar-refractivity contribution in [3.8, 4) is 0 Å². The summed E-state index contributed by atoms with van der Waals surface area (Å²) in [5.41, 5.74) is 4.54. The van der Waals surface area contributed by atoms with E-state index in [0.717, 1.165) is 6.54 Å². The lowest BCUT2D eigenvalue weighted by molar-refractivity contribution is -0.238. The molecule has 2 aliphatic rings. The average Bonchev–Trinajstić information content (AvgIpc) is 2.73. The van der Waals surface area contributed by atoms with E-state index < -0.39 is 0 Å². The van der Waals surface area contributed by atoms with Crippen molar-refractivity contribution in [3.63, 3.8) is 0 Å². The highest BCUT2D eigenvalue weighted by Gasteiger charge is 2.56. The quantitative estimate of drug-likeness (QED) is 0.449. The molecule has 3 rings (SSSR count). The Bertz CT molecular complexity index is 633. The van der Waals surface area contributed by atoms with Crippen LogP contribution in [0.3, 0.4) is 0 Å². The molecule has 1 spiro atoms. The van der Waals surface area contributed by atoms with Crippen molar-refractivity contribution in [2.75, 3.05) is 26.2 Å². The molecule has 163 valence electrons. The molecule has 2 aliphatic heterocycles. The van der Waals surface area contributed by atoms with Crippen molar-refractivity contribution < 1.29 is 0 Å². The van der Waals surface area contributed by atoms with Gasteiger partial charge in [-0.2, -0.15) is 0 Å². The van der Waals surface area contributed by atoms with Crippen LogP contribution < -0.4 is 5.32 Å². The van der Waals surface area contributed by atoms with Gasteiger partial charge in [-0.1, -0.05) is 64.7 Å². The molecular formula is C26H44N3. The number of benzene rings is 1. The predicted molar refractivity (Wildman–Crippen MR) is 124 cm³/mol. The fraction of sp³-hybridized carbons (Fsp3) is 0.769. The molecule has 3 nitrogen and oxygen atoms in total. The van der Waals surface area contributed by atoms with Gasteiger partial charge >= 0.3 is 0 Å². The highest BCUT2D eigenvalue weighted by atomic mass is 15.7. The Morgan fingerprint density at radius 1 is 1.07 bits per heavy atom. The summed E-state index contributed by atoms with van der Waals surface area (Å²) in [6.07, 6.45) is 10.3. The Kier molecular flexibility index (Phi) is 8.18. The molecule has 1 radical (unpaired) electrons. The molecule has 0 saturated carbocycles. The number of nitrogens with zero attached hydrogens (tertiary/aromatic N) is 3. The van der Waals surface area contributed by atoms with E-state index in [0.29, 0.717) is 11.8 Å². The Hall–Kier alpha value is -0.900. The smallest absolute Gasteiger partial charge is 0.105 e. The van der Waals surface area contributed by atoms with Gasteiger partial charge in [-0.15, -0.1) is 0 Å². The number of hydrogen-bond donors (Lipinski definition) is 0. The highest BCUT2D eigenvalue weighted by molar-refractivity contribution is 5.36. The van der Waals surface area contributed by atoms with Crippen LogP contribution in [-0.4, -0.2) is 41.9 Å². The number of hydrazine groups is 1. The lowest BCUT2D eigenvalue weighted by Gasteiger charge is -2.63. The SMILES string of the molecule is CCCCCN(CCCCC)N1CC(C)C12CC(c1cccc(C)c1C)CC[N]2. The maximum absolute atomic E-state index is 5.32. The largest absolute Gasteiger partial charge is 0.240 e. The molecule has 3 unspecified atom stereocenters. The minimum atomic E-state index is 0.0392. The second kappa shape index (κ2) is 10.4. The summed E-state index contributed by atoms with van der Waals surface area (Å²) in [6.45, 7) is 16.2. The van der Waals surface area contributed by atoms with Crippen LogP contribution in [-0.2, 0) is 0 Å². The van der Waals surface area contributed by atoms with E-state index in [9.17, 15) is 0 Å². The summed E-state index contributed by atoms with van der Waals surface area (Å²) in [4.78, 5) is 0. The van der Waals surface area contributed by atoms with Crippen LogP contribution in [0.4, 0.5) is 0 Å². The molecule has 29 heavy (non-hydrogen) atoms. The second-order valence-corrected chi connectivity index (χ2v) is 9.59. The molecule has 0 N–H and O–H groups in total. The molecule has 1 aromatic carbocycles. The topological polar surface area (TPSA) is 20.6 Å². The molecule has 2 saturated heterocycles. The zero-order chi connectivity index (χ0) is 20.9. The van der Waals surface area contributed by atoms with Crippen molar-refractivity contribution in [1.29, 1.82) is 0 Å². The summed E-state index contributed by atoms with van der Waals surface area (Å²) in [6, 6.07) is 6.88. The van der Waals surface area contributed by atoms with Gasteiger partial charge in [-0.05, 0) is 62.1 Å². The van der Waals surface area contributed by atoms with Gasteiger partial charge in [0.05, 0.1) is 0 Å². The Morgan fingerprint density at radius 2 is 1.76 bits per heavy atom. The third kappa shape index (κ3) is 4.89. The molecule has 0 bridgehead atoms. The standard InChI is InChI=1S/C26H44N3/c1-6-8-10-17-28(18-11-9-7-2)29-20-22(4)26(29)19-24(15-16-27-26)25-14-12-13-21(3)23(25)5/h12-14,22,24H,6-11,15-20H2,1-5H3. The lowest BCUT2D eigenvalue weighted by Crippen LogP contribution is -2.76. The van der Waals surface area contributed by atoms with E-state index in [1.165, 1.54) is 82.1 Å². The monoisotopic (exact) mass is 398 g/mol. The van der Waals surface area contributed by atoms with Crippen molar-refractivity contribution in [2.45, 2.75) is 97.6 Å². The van der Waals surface area contributed by atoms with Gasteiger partial charge in [-0.25, -0.2) is 15.3 Å². The van der Waals surface area contributed by atoms with Crippen LogP contribution in [0.1, 0.15) is 94.7 Å². The van der Waals surface area contributed by atoms with Crippen LogP contribution in [0.2, 0.25) is 0 Å². The van der Waals surface area contributed by atoms with Crippen molar-refractivity contribution in [2.24, 2.45) is 5.92 Å². The van der Waals surface area contributed by atoms with Gasteiger partial charge in [0.25, 0.3) is 0 Å². The van der Waals surface area contributed by atoms with E-state index in [1.807, 2.05) is 0 Å². The molecule has 0 aromatic heterocycles. The first-order valence-corrected chi connectivity index (χ1v) is 12.3. The van der Waals surface area contributed by atoms with Crippen molar-refractivity contribution in [1.82, 2.24) is 15.3 Å². The number of piperidine rings is 1. The van der Waals surface area contributed by atoms with E-state index >= 15 is 0 Å².